The monoisotopic (exact) mass is 265 g/mol. The molecule has 5 nitrogen and oxygen atoms in total. The number of ether oxygens (including phenoxy) is 1. The quantitative estimate of drug-likeness (QED) is 0.620. The number of esters is 1. The van der Waals surface area contributed by atoms with Gasteiger partial charge in [0.1, 0.15) is 6.07 Å². The highest BCUT2D eigenvalue weighted by Crippen LogP contribution is 2.25. The van der Waals surface area contributed by atoms with E-state index in [1.807, 2.05) is 0 Å². The number of hydrogen-bond donors (Lipinski definition) is 0. The van der Waals surface area contributed by atoms with Crippen LogP contribution in [0.25, 0.3) is 0 Å². The molecule has 0 fully saturated rings. The summed E-state index contributed by atoms with van der Waals surface area (Å²) in [6, 6.07) is 5.62. The normalized spacial score (nSPS) is 12.1. The van der Waals surface area contributed by atoms with Crippen LogP contribution in [0.15, 0.2) is 28.4 Å². The largest absolute Gasteiger partial charge is 0.464 e. The molecule has 0 N–H and O–H groups in total. The Kier molecular flexibility index (Phi) is 5.28. The molecular formula is C12H12ClN3O2. The Morgan fingerprint density at radius 3 is 2.94 bits per heavy atom. The van der Waals surface area contributed by atoms with E-state index in [0.29, 0.717) is 10.7 Å². The molecule has 6 heteroatoms. The third-order valence-corrected chi connectivity index (χ3v) is 2.56. The molecule has 18 heavy (non-hydrogen) atoms. The van der Waals surface area contributed by atoms with Crippen molar-refractivity contribution >= 4 is 23.3 Å². The number of hydrogen-bond acceptors (Lipinski definition) is 5. The van der Waals surface area contributed by atoms with Gasteiger partial charge < -0.3 is 4.74 Å². The molecule has 1 atom stereocenters. The number of benzene rings is 1. The average molecular weight is 266 g/mol. The van der Waals surface area contributed by atoms with E-state index >= 15 is 0 Å². The van der Waals surface area contributed by atoms with Crippen molar-refractivity contribution in [1.82, 2.24) is 0 Å². The topological polar surface area (TPSA) is 74.8 Å². The van der Waals surface area contributed by atoms with Crippen molar-refractivity contribution in [1.29, 1.82) is 5.26 Å². The molecule has 0 spiro atoms. The van der Waals surface area contributed by atoms with Gasteiger partial charge in [0.15, 0.2) is 0 Å². The lowest BCUT2D eigenvalue weighted by atomic mass is 10.2. The van der Waals surface area contributed by atoms with Gasteiger partial charge >= 0.3 is 5.97 Å². The lowest BCUT2D eigenvalue weighted by molar-refractivity contribution is -0.143. The lowest BCUT2D eigenvalue weighted by Crippen LogP contribution is -2.19. The maximum atomic E-state index is 11.3. The van der Waals surface area contributed by atoms with Gasteiger partial charge in [-0.3, -0.25) is 0 Å². The molecule has 0 heterocycles. The van der Waals surface area contributed by atoms with E-state index in [4.69, 9.17) is 21.6 Å². The van der Waals surface area contributed by atoms with E-state index in [1.165, 1.54) is 0 Å². The van der Waals surface area contributed by atoms with Crippen molar-refractivity contribution in [3.05, 3.63) is 28.8 Å². The predicted molar refractivity (Wildman–Crippen MR) is 66.7 cm³/mol. The molecule has 1 aromatic rings. The second-order valence-corrected chi connectivity index (χ2v) is 3.79. The second-order valence-electron chi connectivity index (χ2n) is 3.38. The first-order valence-electron chi connectivity index (χ1n) is 5.32. The van der Waals surface area contributed by atoms with E-state index in [0.717, 1.165) is 5.56 Å². The number of azo groups is 1. The van der Waals surface area contributed by atoms with Crippen LogP contribution in [0.3, 0.4) is 0 Å². The van der Waals surface area contributed by atoms with Crippen molar-refractivity contribution in [2.75, 3.05) is 6.61 Å². The smallest absolute Gasteiger partial charge is 0.347 e. The van der Waals surface area contributed by atoms with E-state index in [1.54, 1.807) is 38.1 Å². The van der Waals surface area contributed by atoms with Crippen LogP contribution >= 0.6 is 11.6 Å². The average Bonchev–Trinajstić information content (AvgIpc) is 2.35. The van der Waals surface area contributed by atoms with Crippen LogP contribution in [0.4, 0.5) is 5.69 Å². The summed E-state index contributed by atoms with van der Waals surface area (Å²) in [6.45, 7) is 3.63. The summed E-state index contributed by atoms with van der Waals surface area (Å²) >= 11 is 5.92. The van der Waals surface area contributed by atoms with Gasteiger partial charge in [-0.15, -0.1) is 0 Å². The van der Waals surface area contributed by atoms with Crippen molar-refractivity contribution in [3.8, 4) is 6.07 Å². The fourth-order valence-electron chi connectivity index (χ4n) is 1.17. The molecule has 1 aromatic carbocycles. The summed E-state index contributed by atoms with van der Waals surface area (Å²) in [5.41, 5.74) is 1.26. The molecule has 1 unspecified atom stereocenters. The first-order chi connectivity index (χ1) is 8.60. The van der Waals surface area contributed by atoms with Crippen LogP contribution in [0.5, 0.6) is 0 Å². The minimum Gasteiger partial charge on any atom is -0.464 e. The third kappa shape index (κ3) is 3.54. The highest BCUT2D eigenvalue weighted by molar-refractivity contribution is 6.31. The van der Waals surface area contributed by atoms with Gasteiger partial charge in [-0.05, 0) is 31.5 Å². The van der Waals surface area contributed by atoms with Gasteiger partial charge in [0, 0.05) is 5.02 Å². The van der Waals surface area contributed by atoms with Crippen molar-refractivity contribution in [3.63, 3.8) is 0 Å². The zero-order valence-electron chi connectivity index (χ0n) is 10.1. The summed E-state index contributed by atoms with van der Waals surface area (Å²) in [5.74, 6) is -0.705. The Labute approximate surface area is 110 Å². The van der Waals surface area contributed by atoms with Gasteiger partial charge in [-0.2, -0.15) is 15.5 Å². The SMILES string of the molecule is CCOC(=O)C(C#N)N=Nc1cccc(Cl)c1C. The van der Waals surface area contributed by atoms with Gasteiger partial charge in [0.05, 0.1) is 12.3 Å². The van der Waals surface area contributed by atoms with Gasteiger partial charge in [0.2, 0.25) is 0 Å². The number of carbonyl (C=O) groups excluding carboxylic acids is 1. The van der Waals surface area contributed by atoms with Crippen molar-refractivity contribution in [2.24, 2.45) is 10.2 Å². The first-order valence-corrected chi connectivity index (χ1v) is 5.70. The van der Waals surface area contributed by atoms with Gasteiger partial charge in [-0.25, -0.2) is 4.79 Å². The zero-order chi connectivity index (χ0) is 13.5. The number of halogens is 1. The fraction of sp³-hybridized carbons (Fsp3) is 0.333. The van der Waals surface area contributed by atoms with Crippen LogP contribution in [0.1, 0.15) is 12.5 Å². The van der Waals surface area contributed by atoms with Gasteiger partial charge in [0.25, 0.3) is 6.04 Å². The van der Waals surface area contributed by atoms with E-state index in [2.05, 4.69) is 10.2 Å². The Morgan fingerprint density at radius 1 is 1.61 bits per heavy atom. The maximum absolute atomic E-state index is 11.3. The zero-order valence-corrected chi connectivity index (χ0v) is 10.8. The predicted octanol–water partition coefficient (Wildman–Crippen LogP) is 3.19. The standard InChI is InChI=1S/C12H12ClN3O2/c1-3-18-12(17)11(7-14)16-15-10-6-4-5-9(13)8(10)2/h4-6,11H,3H2,1-2H3. The molecule has 0 bridgehead atoms. The number of carbonyl (C=O) groups is 1. The van der Waals surface area contributed by atoms with E-state index in [-0.39, 0.29) is 6.61 Å². The highest BCUT2D eigenvalue weighted by atomic mass is 35.5. The van der Waals surface area contributed by atoms with Gasteiger partial charge in [-0.1, -0.05) is 17.7 Å². The van der Waals surface area contributed by atoms with Crippen molar-refractivity contribution < 1.29 is 9.53 Å². The van der Waals surface area contributed by atoms with E-state index in [9.17, 15) is 4.79 Å². The molecule has 0 radical (unpaired) electrons. The molecule has 1 rings (SSSR count). The van der Waals surface area contributed by atoms with Crippen LogP contribution in [0, 0.1) is 18.3 Å². The summed E-state index contributed by atoms with van der Waals surface area (Å²) in [6.07, 6.45) is 0. The molecule has 0 aromatic heterocycles. The molecule has 94 valence electrons. The lowest BCUT2D eigenvalue weighted by Gasteiger charge is -2.03. The Hall–Kier alpha value is -1.93. The van der Waals surface area contributed by atoms with Crippen LogP contribution < -0.4 is 0 Å². The van der Waals surface area contributed by atoms with Crippen LogP contribution in [-0.2, 0) is 9.53 Å². The highest BCUT2D eigenvalue weighted by Gasteiger charge is 2.18. The minimum atomic E-state index is -1.25. The Bertz CT molecular complexity index is 509. The Balaban J connectivity index is 2.88. The molecular weight excluding hydrogens is 254 g/mol. The number of nitrogens with zero attached hydrogens (tertiary/aromatic N) is 3. The number of nitriles is 1. The van der Waals surface area contributed by atoms with Crippen LogP contribution in [-0.4, -0.2) is 18.6 Å². The molecule has 0 aliphatic carbocycles. The first kappa shape index (κ1) is 14.1. The van der Waals surface area contributed by atoms with E-state index < -0.39 is 12.0 Å². The summed E-state index contributed by atoms with van der Waals surface area (Å²) < 4.78 is 4.70. The number of rotatable bonds is 4. The fourth-order valence-corrected chi connectivity index (χ4v) is 1.34. The molecule has 0 amide bonds. The molecule has 0 saturated heterocycles. The minimum absolute atomic E-state index is 0.197. The third-order valence-electron chi connectivity index (χ3n) is 2.15. The Morgan fingerprint density at radius 2 is 2.33 bits per heavy atom. The molecule has 0 saturated carbocycles. The summed E-state index contributed by atoms with van der Waals surface area (Å²) in [7, 11) is 0. The van der Waals surface area contributed by atoms with Crippen LogP contribution in [0.2, 0.25) is 5.02 Å². The maximum Gasteiger partial charge on any atom is 0.347 e. The summed E-state index contributed by atoms with van der Waals surface area (Å²) in [5, 5.41) is 16.9. The second kappa shape index (κ2) is 6.72. The summed E-state index contributed by atoms with van der Waals surface area (Å²) in [4.78, 5) is 11.3. The molecule has 0 aliphatic rings. The van der Waals surface area contributed by atoms with Crippen molar-refractivity contribution in [2.45, 2.75) is 19.9 Å². The molecule has 0 aliphatic heterocycles.